The normalized spacial score (nSPS) is 12.4. The van der Waals surface area contributed by atoms with Crippen molar-refractivity contribution in [3.05, 3.63) is 28.0 Å². The molecule has 100 valence electrons. The maximum Gasteiger partial charge on any atom is 0.242 e. The standard InChI is InChI=1S/C12H15Cl2FN2O/c1-6(2)16-12(18)7(3)17-8-4-9(13)11(15)10(14)5-8/h4-7,17H,1-3H3,(H,16,18). The molecular formula is C12H15Cl2FN2O. The molecule has 0 bridgehead atoms. The highest BCUT2D eigenvalue weighted by molar-refractivity contribution is 6.35. The number of hydrogen-bond donors (Lipinski definition) is 2. The van der Waals surface area contributed by atoms with Crippen LogP contribution in [0.1, 0.15) is 20.8 Å². The Morgan fingerprint density at radius 3 is 2.17 bits per heavy atom. The van der Waals surface area contributed by atoms with Gasteiger partial charge in [-0.1, -0.05) is 23.2 Å². The van der Waals surface area contributed by atoms with Crippen molar-refractivity contribution in [3.63, 3.8) is 0 Å². The molecule has 3 nitrogen and oxygen atoms in total. The van der Waals surface area contributed by atoms with Gasteiger partial charge in [-0.15, -0.1) is 0 Å². The first kappa shape index (κ1) is 15.1. The van der Waals surface area contributed by atoms with Gasteiger partial charge in [-0.3, -0.25) is 4.79 Å². The first-order chi connectivity index (χ1) is 8.31. The van der Waals surface area contributed by atoms with Crippen LogP contribution < -0.4 is 10.6 Å². The third-order valence-electron chi connectivity index (χ3n) is 2.19. The van der Waals surface area contributed by atoms with E-state index in [-0.39, 0.29) is 22.0 Å². The summed E-state index contributed by atoms with van der Waals surface area (Å²) in [6.45, 7) is 5.44. The van der Waals surface area contributed by atoms with Crippen LogP contribution >= 0.6 is 23.2 Å². The molecule has 18 heavy (non-hydrogen) atoms. The van der Waals surface area contributed by atoms with E-state index in [1.807, 2.05) is 13.8 Å². The molecule has 1 atom stereocenters. The first-order valence-electron chi connectivity index (χ1n) is 5.52. The summed E-state index contributed by atoms with van der Waals surface area (Å²) in [4.78, 5) is 11.7. The number of carbonyl (C=O) groups is 1. The zero-order chi connectivity index (χ0) is 13.9. The molecule has 6 heteroatoms. The molecule has 1 amide bonds. The molecule has 1 aromatic rings. The molecule has 1 aromatic carbocycles. The van der Waals surface area contributed by atoms with E-state index in [1.54, 1.807) is 6.92 Å². The Kier molecular flexibility index (Phi) is 5.23. The summed E-state index contributed by atoms with van der Waals surface area (Å²) >= 11 is 11.3. The molecule has 0 aliphatic heterocycles. The number of hydrogen-bond acceptors (Lipinski definition) is 2. The molecule has 0 aliphatic rings. The number of anilines is 1. The lowest BCUT2D eigenvalue weighted by molar-refractivity contribution is -0.122. The molecule has 2 N–H and O–H groups in total. The number of halogens is 3. The maximum atomic E-state index is 13.2. The van der Waals surface area contributed by atoms with Gasteiger partial charge in [0.25, 0.3) is 0 Å². The van der Waals surface area contributed by atoms with Gasteiger partial charge >= 0.3 is 0 Å². The van der Waals surface area contributed by atoms with E-state index in [2.05, 4.69) is 10.6 Å². The fourth-order valence-electron chi connectivity index (χ4n) is 1.36. The van der Waals surface area contributed by atoms with Gasteiger partial charge < -0.3 is 10.6 Å². The highest BCUT2D eigenvalue weighted by Crippen LogP contribution is 2.27. The predicted octanol–water partition coefficient (Wildman–Crippen LogP) is 3.46. The van der Waals surface area contributed by atoms with E-state index in [4.69, 9.17) is 23.2 Å². The van der Waals surface area contributed by atoms with Crippen LogP contribution in [0, 0.1) is 5.82 Å². The van der Waals surface area contributed by atoms with Gasteiger partial charge in [0.2, 0.25) is 5.91 Å². The summed E-state index contributed by atoms with van der Waals surface area (Å²) in [7, 11) is 0. The van der Waals surface area contributed by atoms with Crippen LogP contribution in [0.3, 0.4) is 0 Å². The average Bonchev–Trinajstić information content (AvgIpc) is 2.24. The van der Waals surface area contributed by atoms with E-state index in [9.17, 15) is 9.18 Å². The molecule has 1 unspecified atom stereocenters. The zero-order valence-corrected chi connectivity index (χ0v) is 11.9. The lowest BCUT2D eigenvalue weighted by atomic mass is 10.2. The SMILES string of the molecule is CC(C)NC(=O)C(C)Nc1cc(Cl)c(F)c(Cl)c1. The topological polar surface area (TPSA) is 41.1 Å². The number of amides is 1. The van der Waals surface area contributed by atoms with Crippen LogP contribution in [-0.2, 0) is 4.79 Å². The molecule has 0 saturated heterocycles. The van der Waals surface area contributed by atoms with E-state index in [1.165, 1.54) is 12.1 Å². The van der Waals surface area contributed by atoms with Crippen molar-refractivity contribution < 1.29 is 9.18 Å². The molecule has 0 radical (unpaired) electrons. The summed E-state index contributed by atoms with van der Waals surface area (Å²) in [5.41, 5.74) is 0.498. The van der Waals surface area contributed by atoms with E-state index < -0.39 is 11.9 Å². The predicted molar refractivity (Wildman–Crippen MR) is 72.8 cm³/mol. The molecule has 0 aromatic heterocycles. The van der Waals surface area contributed by atoms with Crippen molar-refractivity contribution in [3.8, 4) is 0 Å². The van der Waals surface area contributed by atoms with Crippen LogP contribution in [0.4, 0.5) is 10.1 Å². The number of benzene rings is 1. The smallest absolute Gasteiger partial charge is 0.242 e. The van der Waals surface area contributed by atoms with Gasteiger partial charge in [-0.2, -0.15) is 0 Å². The van der Waals surface area contributed by atoms with Crippen LogP contribution in [0.2, 0.25) is 10.0 Å². The summed E-state index contributed by atoms with van der Waals surface area (Å²) in [6.07, 6.45) is 0. The number of nitrogens with one attached hydrogen (secondary N) is 2. The van der Waals surface area contributed by atoms with Crippen LogP contribution in [0.5, 0.6) is 0 Å². The molecule has 0 aliphatic carbocycles. The van der Waals surface area contributed by atoms with Gasteiger partial charge in [0.05, 0.1) is 10.0 Å². The van der Waals surface area contributed by atoms with Gasteiger partial charge in [-0.25, -0.2) is 4.39 Å². The van der Waals surface area contributed by atoms with Gasteiger partial charge in [0.15, 0.2) is 5.82 Å². The summed E-state index contributed by atoms with van der Waals surface area (Å²) < 4.78 is 13.2. The van der Waals surface area contributed by atoms with Crippen molar-refractivity contribution in [1.82, 2.24) is 5.32 Å². The third kappa shape index (κ3) is 4.03. The van der Waals surface area contributed by atoms with E-state index in [0.717, 1.165) is 0 Å². The first-order valence-corrected chi connectivity index (χ1v) is 6.28. The Morgan fingerprint density at radius 2 is 1.72 bits per heavy atom. The quantitative estimate of drug-likeness (QED) is 0.835. The van der Waals surface area contributed by atoms with Crippen molar-refractivity contribution in [2.45, 2.75) is 32.9 Å². The maximum absolute atomic E-state index is 13.2. The Labute approximate surface area is 116 Å². The summed E-state index contributed by atoms with van der Waals surface area (Å²) in [6, 6.07) is 2.37. The molecule has 0 spiro atoms. The molecule has 0 saturated carbocycles. The lowest BCUT2D eigenvalue weighted by Gasteiger charge is -2.17. The van der Waals surface area contributed by atoms with Gasteiger partial charge in [0, 0.05) is 11.7 Å². The van der Waals surface area contributed by atoms with Crippen LogP contribution in [0.15, 0.2) is 12.1 Å². The van der Waals surface area contributed by atoms with Gasteiger partial charge in [-0.05, 0) is 32.9 Å². The highest BCUT2D eigenvalue weighted by atomic mass is 35.5. The lowest BCUT2D eigenvalue weighted by Crippen LogP contribution is -2.40. The fraction of sp³-hybridized carbons (Fsp3) is 0.417. The molecule has 0 heterocycles. The minimum absolute atomic E-state index is 0.0575. The number of rotatable bonds is 4. The van der Waals surface area contributed by atoms with Crippen LogP contribution in [-0.4, -0.2) is 18.0 Å². The van der Waals surface area contributed by atoms with Crippen molar-refractivity contribution in [2.75, 3.05) is 5.32 Å². The average molecular weight is 293 g/mol. The zero-order valence-electron chi connectivity index (χ0n) is 10.4. The largest absolute Gasteiger partial charge is 0.374 e. The summed E-state index contributed by atoms with van der Waals surface area (Å²) in [5.74, 6) is -0.815. The number of carbonyl (C=O) groups excluding carboxylic acids is 1. The van der Waals surface area contributed by atoms with E-state index >= 15 is 0 Å². The van der Waals surface area contributed by atoms with Crippen molar-refractivity contribution >= 4 is 34.8 Å². The molecule has 0 fully saturated rings. The van der Waals surface area contributed by atoms with Crippen LogP contribution in [0.25, 0.3) is 0 Å². The Morgan fingerprint density at radius 1 is 1.22 bits per heavy atom. The minimum Gasteiger partial charge on any atom is -0.374 e. The Balaban J connectivity index is 2.76. The molecular weight excluding hydrogens is 278 g/mol. The Hall–Kier alpha value is -1.00. The molecule has 1 rings (SSSR count). The van der Waals surface area contributed by atoms with Crippen molar-refractivity contribution in [1.29, 1.82) is 0 Å². The second-order valence-electron chi connectivity index (χ2n) is 4.28. The monoisotopic (exact) mass is 292 g/mol. The highest BCUT2D eigenvalue weighted by Gasteiger charge is 2.15. The third-order valence-corrected chi connectivity index (χ3v) is 2.74. The van der Waals surface area contributed by atoms with Crippen molar-refractivity contribution in [2.24, 2.45) is 0 Å². The second kappa shape index (κ2) is 6.25. The summed E-state index contributed by atoms with van der Waals surface area (Å²) in [5, 5.41) is 5.51. The van der Waals surface area contributed by atoms with Gasteiger partial charge in [0.1, 0.15) is 6.04 Å². The fourth-order valence-corrected chi connectivity index (χ4v) is 1.85. The second-order valence-corrected chi connectivity index (χ2v) is 5.10. The minimum atomic E-state index is -0.664. The Bertz CT molecular complexity index is 429. The van der Waals surface area contributed by atoms with E-state index in [0.29, 0.717) is 5.69 Å².